The standard InChI is InChI=1S/C10H20N2OS/c1-10(5-3-7-14-10)8-12-9(13)4-2-6-11/h2-8,11H2,1H3,(H,12,13). The number of nitrogens with one attached hydrogen (secondary N) is 1. The first-order valence-corrected chi connectivity index (χ1v) is 6.25. The molecule has 1 aliphatic rings. The molecular formula is C10H20N2OS. The molecular weight excluding hydrogens is 196 g/mol. The van der Waals surface area contributed by atoms with Gasteiger partial charge in [0.2, 0.25) is 5.91 Å². The Morgan fingerprint density at radius 3 is 3.00 bits per heavy atom. The Labute approximate surface area is 90.2 Å². The average molecular weight is 216 g/mol. The van der Waals surface area contributed by atoms with Gasteiger partial charge in [0.25, 0.3) is 0 Å². The average Bonchev–Trinajstić information content (AvgIpc) is 2.60. The zero-order valence-corrected chi connectivity index (χ0v) is 9.66. The van der Waals surface area contributed by atoms with Gasteiger partial charge in [0, 0.05) is 17.7 Å². The number of amides is 1. The predicted octanol–water partition coefficient (Wildman–Crippen LogP) is 1.13. The smallest absolute Gasteiger partial charge is 0.220 e. The van der Waals surface area contributed by atoms with Crippen LogP contribution in [0.15, 0.2) is 0 Å². The van der Waals surface area contributed by atoms with Gasteiger partial charge in [-0.3, -0.25) is 4.79 Å². The summed E-state index contributed by atoms with van der Waals surface area (Å²) >= 11 is 1.97. The summed E-state index contributed by atoms with van der Waals surface area (Å²) < 4.78 is 0.276. The molecule has 1 heterocycles. The number of hydrogen-bond donors (Lipinski definition) is 2. The van der Waals surface area contributed by atoms with Crippen molar-refractivity contribution in [3.8, 4) is 0 Å². The summed E-state index contributed by atoms with van der Waals surface area (Å²) in [4.78, 5) is 11.3. The van der Waals surface area contributed by atoms with E-state index in [1.807, 2.05) is 11.8 Å². The van der Waals surface area contributed by atoms with Crippen LogP contribution in [0.5, 0.6) is 0 Å². The van der Waals surface area contributed by atoms with Crippen molar-refractivity contribution in [2.45, 2.75) is 37.4 Å². The molecule has 1 rings (SSSR count). The molecule has 0 spiro atoms. The molecule has 82 valence electrons. The molecule has 0 aromatic rings. The third-order valence-electron chi connectivity index (χ3n) is 2.57. The maximum atomic E-state index is 11.3. The van der Waals surface area contributed by atoms with E-state index in [4.69, 9.17) is 5.73 Å². The van der Waals surface area contributed by atoms with Crippen molar-refractivity contribution in [3.63, 3.8) is 0 Å². The fourth-order valence-electron chi connectivity index (χ4n) is 1.61. The first-order chi connectivity index (χ1) is 6.66. The number of rotatable bonds is 5. The first-order valence-electron chi connectivity index (χ1n) is 5.27. The molecule has 0 aliphatic carbocycles. The van der Waals surface area contributed by atoms with E-state index < -0.39 is 0 Å². The third-order valence-corrected chi connectivity index (χ3v) is 4.11. The zero-order valence-electron chi connectivity index (χ0n) is 8.84. The second kappa shape index (κ2) is 5.61. The Bertz CT molecular complexity index is 191. The van der Waals surface area contributed by atoms with E-state index in [1.54, 1.807) is 0 Å². The highest BCUT2D eigenvalue weighted by molar-refractivity contribution is 8.00. The van der Waals surface area contributed by atoms with Crippen molar-refractivity contribution in [3.05, 3.63) is 0 Å². The molecule has 3 nitrogen and oxygen atoms in total. The molecule has 4 heteroatoms. The number of nitrogens with two attached hydrogens (primary N) is 1. The number of carbonyl (C=O) groups excluding carboxylic acids is 1. The lowest BCUT2D eigenvalue weighted by Crippen LogP contribution is -2.36. The molecule has 1 aliphatic heterocycles. The van der Waals surface area contributed by atoms with Crippen LogP contribution in [0.3, 0.4) is 0 Å². The third kappa shape index (κ3) is 3.88. The van der Waals surface area contributed by atoms with Crippen LogP contribution in [0.2, 0.25) is 0 Å². The summed E-state index contributed by atoms with van der Waals surface area (Å²) in [5, 5.41) is 2.98. The van der Waals surface area contributed by atoms with Gasteiger partial charge in [-0.05, 0) is 38.5 Å². The first kappa shape index (κ1) is 11.9. The van der Waals surface area contributed by atoms with Gasteiger partial charge in [-0.25, -0.2) is 0 Å². The van der Waals surface area contributed by atoms with Gasteiger partial charge in [0.15, 0.2) is 0 Å². The molecule has 0 bridgehead atoms. The second-order valence-electron chi connectivity index (χ2n) is 4.07. The van der Waals surface area contributed by atoms with Crippen LogP contribution in [0.1, 0.15) is 32.6 Å². The minimum atomic E-state index is 0.143. The lowest BCUT2D eigenvalue weighted by atomic mass is 10.1. The molecule has 0 saturated carbocycles. The fraction of sp³-hybridized carbons (Fsp3) is 0.900. The molecule has 1 fully saturated rings. The summed E-state index contributed by atoms with van der Waals surface area (Å²) in [6.07, 6.45) is 3.85. The molecule has 0 aromatic heterocycles. The van der Waals surface area contributed by atoms with Crippen LogP contribution in [0.25, 0.3) is 0 Å². The van der Waals surface area contributed by atoms with Crippen molar-refractivity contribution >= 4 is 17.7 Å². The Kier molecular flexibility index (Phi) is 4.75. The monoisotopic (exact) mass is 216 g/mol. The minimum Gasteiger partial charge on any atom is -0.355 e. The summed E-state index contributed by atoms with van der Waals surface area (Å²) in [7, 11) is 0. The van der Waals surface area contributed by atoms with Gasteiger partial charge in [0.05, 0.1) is 0 Å². The Hall–Kier alpha value is -0.220. The topological polar surface area (TPSA) is 55.1 Å². The maximum Gasteiger partial charge on any atom is 0.220 e. The molecule has 1 unspecified atom stereocenters. The van der Waals surface area contributed by atoms with Crippen LogP contribution < -0.4 is 11.1 Å². The Morgan fingerprint density at radius 2 is 2.43 bits per heavy atom. The highest BCUT2D eigenvalue weighted by Crippen LogP contribution is 2.36. The fourth-order valence-corrected chi connectivity index (χ4v) is 2.86. The van der Waals surface area contributed by atoms with Crippen LogP contribution in [0.4, 0.5) is 0 Å². The van der Waals surface area contributed by atoms with Crippen molar-refractivity contribution in [1.82, 2.24) is 5.32 Å². The molecule has 1 saturated heterocycles. The van der Waals surface area contributed by atoms with E-state index >= 15 is 0 Å². The highest BCUT2D eigenvalue weighted by atomic mass is 32.2. The Balaban J connectivity index is 2.15. The van der Waals surface area contributed by atoms with E-state index in [-0.39, 0.29) is 10.7 Å². The van der Waals surface area contributed by atoms with Gasteiger partial charge < -0.3 is 11.1 Å². The lowest BCUT2D eigenvalue weighted by Gasteiger charge is -2.22. The van der Waals surface area contributed by atoms with Gasteiger partial charge in [-0.1, -0.05) is 0 Å². The van der Waals surface area contributed by atoms with Gasteiger partial charge >= 0.3 is 0 Å². The summed E-state index contributed by atoms with van der Waals surface area (Å²) in [6.45, 7) is 3.63. The normalized spacial score (nSPS) is 26.4. The molecule has 3 N–H and O–H groups in total. The van der Waals surface area contributed by atoms with E-state index in [0.717, 1.165) is 13.0 Å². The van der Waals surface area contributed by atoms with E-state index in [0.29, 0.717) is 13.0 Å². The molecule has 0 radical (unpaired) electrons. The summed E-state index contributed by atoms with van der Waals surface area (Å²) in [5.41, 5.74) is 5.34. The molecule has 0 aromatic carbocycles. The van der Waals surface area contributed by atoms with Crippen molar-refractivity contribution in [1.29, 1.82) is 0 Å². The van der Waals surface area contributed by atoms with Crippen molar-refractivity contribution in [2.75, 3.05) is 18.8 Å². The van der Waals surface area contributed by atoms with E-state index in [1.165, 1.54) is 18.6 Å². The number of hydrogen-bond acceptors (Lipinski definition) is 3. The molecule has 14 heavy (non-hydrogen) atoms. The summed E-state index contributed by atoms with van der Waals surface area (Å²) in [6, 6.07) is 0. The Morgan fingerprint density at radius 1 is 1.64 bits per heavy atom. The van der Waals surface area contributed by atoms with Gasteiger partial charge in [-0.2, -0.15) is 11.8 Å². The largest absolute Gasteiger partial charge is 0.355 e. The van der Waals surface area contributed by atoms with Gasteiger partial charge in [-0.15, -0.1) is 0 Å². The molecule has 1 amide bonds. The van der Waals surface area contributed by atoms with Crippen molar-refractivity contribution in [2.24, 2.45) is 5.73 Å². The number of carbonyl (C=O) groups is 1. The summed E-state index contributed by atoms with van der Waals surface area (Å²) in [5.74, 6) is 1.37. The quantitative estimate of drug-likeness (QED) is 0.724. The van der Waals surface area contributed by atoms with Crippen LogP contribution in [0, 0.1) is 0 Å². The number of thioether (sulfide) groups is 1. The highest BCUT2D eigenvalue weighted by Gasteiger charge is 2.29. The zero-order chi connectivity index (χ0) is 10.4. The predicted molar refractivity (Wildman–Crippen MR) is 61.4 cm³/mol. The second-order valence-corrected chi connectivity index (χ2v) is 5.75. The lowest BCUT2D eigenvalue weighted by molar-refractivity contribution is -0.121. The van der Waals surface area contributed by atoms with Gasteiger partial charge in [0.1, 0.15) is 0 Å². The van der Waals surface area contributed by atoms with Crippen LogP contribution >= 0.6 is 11.8 Å². The molecule has 1 atom stereocenters. The van der Waals surface area contributed by atoms with Crippen LogP contribution in [-0.2, 0) is 4.79 Å². The SMILES string of the molecule is CC1(CNC(=O)CCCN)CCCS1. The maximum absolute atomic E-state index is 11.3. The minimum absolute atomic E-state index is 0.143. The van der Waals surface area contributed by atoms with Crippen LogP contribution in [-0.4, -0.2) is 29.5 Å². The van der Waals surface area contributed by atoms with Crippen molar-refractivity contribution < 1.29 is 4.79 Å². The van der Waals surface area contributed by atoms with E-state index in [9.17, 15) is 4.79 Å². The van der Waals surface area contributed by atoms with E-state index in [2.05, 4.69) is 12.2 Å².